The third kappa shape index (κ3) is 4.08. The molecule has 0 aliphatic carbocycles. The second-order valence-corrected chi connectivity index (χ2v) is 12.4. The lowest BCUT2D eigenvalue weighted by Crippen LogP contribution is -2.43. The summed E-state index contributed by atoms with van der Waals surface area (Å²) in [6, 6.07) is 6.47. The van der Waals surface area contributed by atoms with Gasteiger partial charge >= 0.3 is 0 Å². The van der Waals surface area contributed by atoms with E-state index in [0.29, 0.717) is 20.5 Å². The van der Waals surface area contributed by atoms with Crippen LogP contribution >= 0.6 is 23.5 Å². The molecule has 0 aromatic heterocycles. The number of ether oxygens (including phenoxy) is 3. The van der Waals surface area contributed by atoms with Gasteiger partial charge in [0.2, 0.25) is 0 Å². The van der Waals surface area contributed by atoms with E-state index in [2.05, 4.69) is 0 Å². The van der Waals surface area contributed by atoms with Gasteiger partial charge in [-0.2, -0.15) is 8.42 Å². The zero-order chi connectivity index (χ0) is 20.1. The van der Waals surface area contributed by atoms with Gasteiger partial charge in [-0.1, -0.05) is 29.5 Å². The molecule has 5 atom stereocenters. The van der Waals surface area contributed by atoms with Crippen molar-refractivity contribution in [2.24, 2.45) is 0 Å². The molecule has 4 rings (SSSR count). The molecule has 7 nitrogen and oxygen atoms in total. The van der Waals surface area contributed by atoms with E-state index in [1.807, 2.05) is 6.92 Å². The lowest BCUT2D eigenvalue weighted by Gasteiger charge is -2.27. The van der Waals surface area contributed by atoms with Crippen molar-refractivity contribution in [2.75, 3.05) is 5.75 Å². The Morgan fingerprint density at radius 2 is 1.89 bits per heavy atom. The minimum absolute atomic E-state index is 0.0780. The molecule has 0 radical (unpaired) electrons. The van der Waals surface area contributed by atoms with Crippen molar-refractivity contribution in [1.82, 2.24) is 0 Å². The summed E-state index contributed by atoms with van der Waals surface area (Å²) in [6.45, 7) is 5.37. The van der Waals surface area contributed by atoms with Gasteiger partial charge in [0.05, 0.1) is 4.90 Å². The van der Waals surface area contributed by atoms with Gasteiger partial charge in [0.25, 0.3) is 10.1 Å². The third-order valence-electron chi connectivity index (χ3n) is 4.62. The van der Waals surface area contributed by atoms with Crippen molar-refractivity contribution in [3.63, 3.8) is 0 Å². The molecule has 0 saturated carbocycles. The smallest absolute Gasteiger partial charge is 0.297 e. The van der Waals surface area contributed by atoms with Crippen molar-refractivity contribution in [3.05, 3.63) is 29.8 Å². The Balaban J connectivity index is 1.61. The van der Waals surface area contributed by atoms with E-state index < -0.39 is 40.5 Å². The summed E-state index contributed by atoms with van der Waals surface area (Å²) in [5.74, 6) is -0.261. The summed E-state index contributed by atoms with van der Waals surface area (Å²) in [7, 11) is -4.02. The summed E-state index contributed by atoms with van der Waals surface area (Å²) in [5.41, 5.74) is 0.952. The molecular formula is C17H20O7S4. The second kappa shape index (κ2) is 7.69. The van der Waals surface area contributed by atoms with Gasteiger partial charge in [-0.15, -0.1) is 11.8 Å². The minimum Gasteiger partial charge on any atom is -0.342 e. The molecule has 0 spiro atoms. The predicted molar refractivity (Wildman–Crippen MR) is 109 cm³/mol. The van der Waals surface area contributed by atoms with Gasteiger partial charge in [-0.25, -0.2) is 4.21 Å². The van der Waals surface area contributed by atoms with E-state index in [1.165, 1.54) is 35.7 Å². The van der Waals surface area contributed by atoms with Crippen LogP contribution in [0.3, 0.4) is 0 Å². The SMILES string of the molecule is Cc1ccc(S(=O)(=O)O[C@H]2[C@H]3OC(C)(C)O[C@@H]3O[C@@H]2[C@@H]2CSC(=S=O)S2)cc1. The van der Waals surface area contributed by atoms with E-state index >= 15 is 0 Å². The quantitative estimate of drug-likeness (QED) is 0.491. The lowest BCUT2D eigenvalue weighted by atomic mass is 10.1. The fraction of sp³-hybridized carbons (Fsp3) is 0.588. The molecule has 28 heavy (non-hydrogen) atoms. The largest absolute Gasteiger partial charge is 0.342 e. The normalized spacial score (nSPS) is 34.5. The van der Waals surface area contributed by atoms with Gasteiger partial charge in [0.1, 0.15) is 33.1 Å². The lowest BCUT2D eigenvalue weighted by molar-refractivity contribution is -0.212. The maximum Gasteiger partial charge on any atom is 0.297 e. The van der Waals surface area contributed by atoms with Gasteiger partial charge in [-0.05, 0) is 32.9 Å². The molecule has 0 amide bonds. The molecule has 3 aliphatic rings. The first kappa shape index (κ1) is 20.9. The van der Waals surface area contributed by atoms with E-state index in [-0.39, 0.29) is 10.1 Å². The van der Waals surface area contributed by atoms with Crippen molar-refractivity contribution < 1.29 is 31.0 Å². The Bertz CT molecular complexity index is 908. The summed E-state index contributed by atoms with van der Waals surface area (Å²) < 4.78 is 60.9. The molecule has 154 valence electrons. The van der Waals surface area contributed by atoms with E-state index in [1.54, 1.807) is 26.0 Å². The number of rotatable bonds is 4. The number of aryl methyl sites for hydroxylation is 1. The highest BCUT2D eigenvalue weighted by Crippen LogP contribution is 2.45. The van der Waals surface area contributed by atoms with Crippen LogP contribution in [0.4, 0.5) is 0 Å². The summed E-state index contributed by atoms with van der Waals surface area (Å²) in [4.78, 5) is 0.0780. The Kier molecular flexibility index (Phi) is 5.73. The van der Waals surface area contributed by atoms with Crippen LogP contribution in [0.2, 0.25) is 0 Å². The van der Waals surface area contributed by atoms with Gasteiger partial charge in [0.15, 0.2) is 12.1 Å². The monoisotopic (exact) mass is 464 g/mol. The van der Waals surface area contributed by atoms with Crippen LogP contribution in [0.15, 0.2) is 29.2 Å². The molecule has 3 saturated heterocycles. The molecular weight excluding hydrogens is 444 g/mol. The van der Waals surface area contributed by atoms with Crippen molar-refractivity contribution in [1.29, 1.82) is 0 Å². The van der Waals surface area contributed by atoms with Gasteiger partial charge in [0, 0.05) is 11.0 Å². The average Bonchev–Trinajstić information content (AvgIpc) is 3.29. The Labute approximate surface area is 176 Å². The van der Waals surface area contributed by atoms with Crippen LogP contribution < -0.4 is 0 Å². The van der Waals surface area contributed by atoms with Crippen LogP contribution in [0.25, 0.3) is 0 Å². The minimum atomic E-state index is -4.02. The highest BCUT2D eigenvalue weighted by Gasteiger charge is 2.59. The second-order valence-electron chi connectivity index (χ2n) is 7.20. The first-order valence-electron chi connectivity index (χ1n) is 8.66. The van der Waals surface area contributed by atoms with Crippen LogP contribution in [0.1, 0.15) is 19.4 Å². The molecule has 3 aliphatic heterocycles. The molecule has 3 fully saturated rings. The van der Waals surface area contributed by atoms with Crippen LogP contribution in [0.5, 0.6) is 0 Å². The Morgan fingerprint density at radius 3 is 2.54 bits per heavy atom. The highest BCUT2D eigenvalue weighted by molar-refractivity contribution is 8.48. The van der Waals surface area contributed by atoms with E-state index in [4.69, 9.17) is 18.4 Å². The fourth-order valence-corrected chi connectivity index (χ4v) is 7.80. The highest BCUT2D eigenvalue weighted by atomic mass is 32.2. The molecule has 1 aromatic carbocycles. The van der Waals surface area contributed by atoms with Crippen molar-refractivity contribution in [3.8, 4) is 0 Å². The van der Waals surface area contributed by atoms with Gasteiger partial charge in [-0.3, -0.25) is 4.18 Å². The number of hydrogen-bond donors (Lipinski definition) is 0. The molecule has 0 bridgehead atoms. The maximum atomic E-state index is 12.9. The van der Waals surface area contributed by atoms with Gasteiger partial charge < -0.3 is 14.2 Å². The zero-order valence-electron chi connectivity index (χ0n) is 15.4. The third-order valence-corrected chi connectivity index (χ3v) is 9.68. The number of hydrogen-bond acceptors (Lipinski definition) is 9. The summed E-state index contributed by atoms with van der Waals surface area (Å²) in [5, 5.41) is -0.124. The van der Waals surface area contributed by atoms with Crippen LogP contribution in [-0.2, 0) is 39.8 Å². The molecule has 0 unspecified atom stereocenters. The predicted octanol–water partition coefficient (Wildman–Crippen LogP) is 2.09. The van der Waals surface area contributed by atoms with E-state index in [9.17, 15) is 12.6 Å². The molecule has 3 heterocycles. The first-order chi connectivity index (χ1) is 13.2. The van der Waals surface area contributed by atoms with E-state index in [0.717, 1.165) is 5.56 Å². The summed E-state index contributed by atoms with van der Waals surface area (Å²) in [6.07, 6.45) is -2.83. The Hall–Kier alpha value is -0.400. The average molecular weight is 465 g/mol. The summed E-state index contributed by atoms with van der Waals surface area (Å²) >= 11 is 3.28. The van der Waals surface area contributed by atoms with Crippen molar-refractivity contribution in [2.45, 2.75) is 61.3 Å². The fourth-order valence-electron chi connectivity index (χ4n) is 3.37. The maximum absolute atomic E-state index is 12.9. The Morgan fingerprint density at radius 1 is 1.18 bits per heavy atom. The zero-order valence-corrected chi connectivity index (χ0v) is 18.7. The number of thioether (sulfide) groups is 2. The molecule has 1 aromatic rings. The molecule has 0 N–H and O–H groups in total. The number of benzene rings is 1. The topological polar surface area (TPSA) is 88.1 Å². The molecule has 11 heteroatoms. The standard InChI is InChI=1S/C17H20O7S4/c1-9-4-6-10(7-5-9)28(19,20)24-13-12(11-8-25-16(26-11)27-18)21-15-14(13)22-17(2,3)23-15/h4-7,11-15H,8H2,1-3H3/t11-,12+,13+,14+,15-/m0/s1. The first-order valence-corrected chi connectivity index (χ1v) is 12.7. The number of fused-ring (bicyclic) bond motifs is 1. The van der Waals surface area contributed by atoms with Crippen molar-refractivity contribution >= 4 is 48.4 Å². The van der Waals surface area contributed by atoms with Crippen LogP contribution in [-0.4, -0.2) is 57.5 Å². The van der Waals surface area contributed by atoms with Crippen LogP contribution in [0, 0.1) is 6.92 Å².